The molecule has 1 atom stereocenters. The Morgan fingerprint density at radius 1 is 1.21 bits per heavy atom. The van der Waals surface area contributed by atoms with E-state index < -0.39 is 22.9 Å². The minimum Gasteiger partial charge on any atom is -0.494 e. The van der Waals surface area contributed by atoms with Gasteiger partial charge in [-0.3, -0.25) is 19.7 Å². The predicted molar refractivity (Wildman–Crippen MR) is 110 cm³/mol. The first-order valence-electron chi connectivity index (χ1n) is 8.74. The number of nitrogens with zero attached hydrogens (tertiary/aromatic N) is 1. The van der Waals surface area contributed by atoms with E-state index >= 15 is 0 Å². The Morgan fingerprint density at radius 2 is 1.93 bits per heavy atom. The predicted octanol–water partition coefficient (Wildman–Crippen LogP) is 3.88. The minimum absolute atomic E-state index is 0.0718. The van der Waals surface area contributed by atoms with Crippen LogP contribution in [0.1, 0.15) is 18.1 Å². The van der Waals surface area contributed by atoms with Crippen molar-refractivity contribution in [2.24, 2.45) is 0 Å². The molecular weight excluding hydrogens is 396 g/mol. The zero-order valence-electron chi connectivity index (χ0n) is 16.6. The van der Waals surface area contributed by atoms with Crippen molar-refractivity contribution in [1.82, 2.24) is 0 Å². The highest BCUT2D eigenvalue weighted by molar-refractivity contribution is 8.00. The van der Waals surface area contributed by atoms with Crippen molar-refractivity contribution in [1.29, 1.82) is 0 Å². The van der Waals surface area contributed by atoms with Crippen molar-refractivity contribution in [2.75, 3.05) is 18.2 Å². The molecule has 1 amide bonds. The van der Waals surface area contributed by atoms with Gasteiger partial charge >= 0.3 is 5.97 Å². The second-order valence-corrected chi connectivity index (χ2v) is 7.34. The summed E-state index contributed by atoms with van der Waals surface area (Å²) in [6.45, 7) is 5.41. The second-order valence-electron chi connectivity index (χ2n) is 6.32. The van der Waals surface area contributed by atoms with Crippen LogP contribution in [0.2, 0.25) is 0 Å². The van der Waals surface area contributed by atoms with Crippen molar-refractivity contribution < 1.29 is 24.0 Å². The smallest absolute Gasteiger partial charge is 0.317 e. The van der Waals surface area contributed by atoms with E-state index in [1.807, 2.05) is 32.0 Å². The SMILES string of the molecule is COc1cc([N+](=O)[O-])ccc1NC(=O)[C@@H](C)OC(=O)CSc1ccc(C)cc1C. The van der Waals surface area contributed by atoms with Crippen LogP contribution in [0.25, 0.3) is 0 Å². The van der Waals surface area contributed by atoms with Crippen LogP contribution in [0, 0.1) is 24.0 Å². The fourth-order valence-electron chi connectivity index (χ4n) is 2.51. The molecule has 0 aliphatic rings. The van der Waals surface area contributed by atoms with Gasteiger partial charge in [0.2, 0.25) is 0 Å². The molecule has 0 fully saturated rings. The lowest BCUT2D eigenvalue weighted by Gasteiger charge is -2.15. The van der Waals surface area contributed by atoms with Crippen LogP contribution >= 0.6 is 11.8 Å². The average molecular weight is 418 g/mol. The molecule has 2 rings (SSSR count). The van der Waals surface area contributed by atoms with Gasteiger partial charge in [-0.05, 0) is 38.5 Å². The molecule has 0 aliphatic carbocycles. The molecule has 0 radical (unpaired) electrons. The van der Waals surface area contributed by atoms with Crippen LogP contribution in [0.3, 0.4) is 0 Å². The Balaban J connectivity index is 1.93. The largest absolute Gasteiger partial charge is 0.494 e. The molecule has 9 heteroatoms. The van der Waals surface area contributed by atoms with E-state index in [-0.39, 0.29) is 22.9 Å². The number of hydrogen-bond acceptors (Lipinski definition) is 7. The number of nitro groups is 1. The monoisotopic (exact) mass is 418 g/mol. The topological polar surface area (TPSA) is 108 Å². The molecule has 0 heterocycles. The number of nitrogens with one attached hydrogen (secondary N) is 1. The summed E-state index contributed by atoms with van der Waals surface area (Å²) in [5.74, 6) is -0.880. The number of ether oxygens (including phenoxy) is 2. The van der Waals surface area contributed by atoms with Gasteiger partial charge in [0.05, 0.1) is 29.5 Å². The maximum Gasteiger partial charge on any atom is 0.317 e. The maximum atomic E-state index is 12.3. The van der Waals surface area contributed by atoms with E-state index in [2.05, 4.69) is 5.32 Å². The lowest BCUT2D eigenvalue weighted by molar-refractivity contribution is -0.384. The van der Waals surface area contributed by atoms with Crippen molar-refractivity contribution in [2.45, 2.75) is 31.8 Å². The van der Waals surface area contributed by atoms with Gasteiger partial charge in [0.15, 0.2) is 6.10 Å². The molecular formula is C20H22N2O6S. The van der Waals surface area contributed by atoms with E-state index in [1.54, 1.807) is 0 Å². The number of non-ortho nitro benzene ring substituents is 1. The summed E-state index contributed by atoms with van der Waals surface area (Å²) in [6.07, 6.45) is -1.04. The third-order valence-electron chi connectivity index (χ3n) is 4.01. The highest BCUT2D eigenvalue weighted by atomic mass is 32.2. The van der Waals surface area contributed by atoms with Crippen LogP contribution in [-0.4, -0.2) is 35.8 Å². The van der Waals surface area contributed by atoms with Gasteiger partial charge in [-0.2, -0.15) is 0 Å². The van der Waals surface area contributed by atoms with Crippen LogP contribution in [0.15, 0.2) is 41.3 Å². The first-order valence-corrected chi connectivity index (χ1v) is 9.72. The zero-order valence-corrected chi connectivity index (χ0v) is 17.4. The van der Waals surface area contributed by atoms with Gasteiger partial charge in [-0.25, -0.2) is 0 Å². The fraction of sp³-hybridized carbons (Fsp3) is 0.300. The number of benzene rings is 2. The number of rotatable bonds is 8. The highest BCUT2D eigenvalue weighted by Crippen LogP contribution is 2.29. The number of amides is 1. The van der Waals surface area contributed by atoms with E-state index in [1.165, 1.54) is 44.0 Å². The van der Waals surface area contributed by atoms with Gasteiger partial charge in [-0.1, -0.05) is 17.7 Å². The van der Waals surface area contributed by atoms with Crippen molar-refractivity contribution >= 4 is 35.0 Å². The molecule has 29 heavy (non-hydrogen) atoms. The number of anilines is 1. The lowest BCUT2D eigenvalue weighted by atomic mass is 10.2. The van der Waals surface area contributed by atoms with Crippen LogP contribution in [0.4, 0.5) is 11.4 Å². The quantitative estimate of drug-likeness (QED) is 0.300. The first-order chi connectivity index (χ1) is 13.7. The molecule has 0 aliphatic heterocycles. The normalized spacial score (nSPS) is 11.4. The molecule has 154 valence electrons. The Morgan fingerprint density at radius 3 is 2.55 bits per heavy atom. The minimum atomic E-state index is -1.04. The van der Waals surface area contributed by atoms with Crippen molar-refractivity contribution in [3.63, 3.8) is 0 Å². The van der Waals surface area contributed by atoms with E-state index in [9.17, 15) is 19.7 Å². The molecule has 0 unspecified atom stereocenters. The van der Waals surface area contributed by atoms with Crippen LogP contribution < -0.4 is 10.1 Å². The Kier molecular flexibility index (Phi) is 7.60. The maximum absolute atomic E-state index is 12.3. The van der Waals surface area contributed by atoms with Crippen LogP contribution in [0.5, 0.6) is 5.75 Å². The van der Waals surface area contributed by atoms with Gasteiger partial charge in [-0.15, -0.1) is 11.8 Å². The molecule has 0 bridgehead atoms. The molecule has 2 aromatic carbocycles. The molecule has 0 saturated heterocycles. The average Bonchev–Trinajstić information content (AvgIpc) is 2.67. The summed E-state index contributed by atoms with van der Waals surface area (Å²) in [5, 5.41) is 13.4. The number of thioether (sulfide) groups is 1. The highest BCUT2D eigenvalue weighted by Gasteiger charge is 2.20. The summed E-state index contributed by atoms with van der Waals surface area (Å²) in [5.41, 5.74) is 2.29. The summed E-state index contributed by atoms with van der Waals surface area (Å²) in [7, 11) is 1.34. The lowest BCUT2D eigenvalue weighted by Crippen LogP contribution is -2.30. The second kappa shape index (κ2) is 9.92. The third-order valence-corrected chi connectivity index (χ3v) is 5.16. The Hall–Kier alpha value is -3.07. The van der Waals surface area contributed by atoms with Gasteiger partial charge in [0, 0.05) is 11.0 Å². The summed E-state index contributed by atoms with van der Waals surface area (Å²) < 4.78 is 10.3. The molecule has 8 nitrogen and oxygen atoms in total. The molecule has 0 saturated carbocycles. The molecule has 0 spiro atoms. The summed E-state index contributed by atoms with van der Waals surface area (Å²) in [6, 6.07) is 9.75. The van der Waals surface area contributed by atoms with Crippen LogP contribution in [-0.2, 0) is 14.3 Å². The number of methoxy groups -OCH3 is 1. The van der Waals surface area contributed by atoms with E-state index in [4.69, 9.17) is 9.47 Å². The molecule has 1 N–H and O–H groups in total. The van der Waals surface area contributed by atoms with Gasteiger partial charge < -0.3 is 14.8 Å². The number of carbonyl (C=O) groups is 2. The number of aryl methyl sites for hydroxylation is 2. The Labute approximate surface area is 172 Å². The fourth-order valence-corrected chi connectivity index (χ4v) is 3.31. The summed E-state index contributed by atoms with van der Waals surface area (Å²) >= 11 is 1.34. The third kappa shape index (κ3) is 6.21. The van der Waals surface area contributed by atoms with Gasteiger partial charge in [0.25, 0.3) is 11.6 Å². The summed E-state index contributed by atoms with van der Waals surface area (Å²) in [4.78, 5) is 35.6. The molecule has 0 aromatic heterocycles. The number of nitro benzene ring substituents is 1. The number of hydrogen-bond donors (Lipinski definition) is 1. The molecule has 2 aromatic rings. The number of carbonyl (C=O) groups excluding carboxylic acids is 2. The van der Waals surface area contributed by atoms with Gasteiger partial charge in [0.1, 0.15) is 5.75 Å². The standard InChI is InChI=1S/C20H22N2O6S/c1-12-5-8-18(13(2)9-12)29-11-19(23)28-14(3)20(24)21-16-7-6-15(22(25)26)10-17(16)27-4/h5-10,14H,11H2,1-4H3,(H,21,24)/t14-/m1/s1. The van der Waals surface area contributed by atoms with E-state index in [0.717, 1.165) is 16.0 Å². The van der Waals surface area contributed by atoms with Crippen molar-refractivity contribution in [3.05, 3.63) is 57.6 Å². The van der Waals surface area contributed by atoms with E-state index in [0.29, 0.717) is 0 Å². The number of esters is 1. The van der Waals surface area contributed by atoms with Crippen molar-refractivity contribution in [3.8, 4) is 5.75 Å². The zero-order chi connectivity index (χ0) is 21.6. The Bertz CT molecular complexity index is 931. The first kappa shape index (κ1) is 22.2.